The van der Waals surface area contributed by atoms with Gasteiger partial charge in [-0.05, 0) is 32.0 Å². The number of aromatic nitrogens is 1. The molecule has 0 atom stereocenters. The number of ether oxygens (including phenoxy) is 1. The maximum Gasteiger partial charge on any atom is 0.340 e. The minimum Gasteiger partial charge on any atom is -0.467 e. The number of aryl methyl sites for hydroxylation is 1. The van der Waals surface area contributed by atoms with E-state index in [0.29, 0.717) is 23.0 Å². The van der Waals surface area contributed by atoms with Crippen LogP contribution in [0.1, 0.15) is 34.3 Å². The fourth-order valence-electron chi connectivity index (χ4n) is 1.97. The van der Waals surface area contributed by atoms with Crippen LogP contribution in [0.3, 0.4) is 0 Å². The average molecular weight is 359 g/mol. The summed E-state index contributed by atoms with van der Waals surface area (Å²) in [6.07, 6.45) is 1.53. The van der Waals surface area contributed by atoms with E-state index in [9.17, 15) is 14.9 Å². The molecule has 2 rings (SSSR count). The Labute approximate surface area is 149 Å². The summed E-state index contributed by atoms with van der Waals surface area (Å²) in [4.78, 5) is 28.0. The Morgan fingerprint density at radius 2 is 2.28 bits per heavy atom. The molecule has 0 aromatic carbocycles. The topological polar surface area (TPSA) is 105 Å². The third kappa shape index (κ3) is 5.09. The van der Waals surface area contributed by atoms with Crippen molar-refractivity contribution in [1.82, 2.24) is 10.3 Å². The van der Waals surface area contributed by atoms with Crippen molar-refractivity contribution >= 4 is 23.6 Å². The Bertz CT molecular complexity index is 797. The molecule has 0 aliphatic carbocycles. The van der Waals surface area contributed by atoms with Gasteiger partial charge in [0.05, 0.1) is 42.0 Å². The summed E-state index contributed by atoms with van der Waals surface area (Å²) < 4.78 is 10.1. The molecule has 0 spiro atoms. The molecule has 0 saturated carbocycles. The normalized spacial score (nSPS) is 10.1. The van der Waals surface area contributed by atoms with E-state index >= 15 is 0 Å². The minimum atomic E-state index is -0.517. The highest BCUT2D eigenvalue weighted by Gasteiger charge is 2.17. The number of carbonyl (C=O) groups excluding carboxylic acids is 2. The molecular weight excluding hydrogens is 342 g/mol. The molecule has 130 valence electrons. The lowest BCUT2D eigenvalue weighted by Gasteiger charge is -2.09. The Balaban J connectivity index is 2.01. The number of nitriles is 1. The highest BCUT2D eigenvalue weighted by Crippen LogP contribution is 2.23. The van der Waals surface area contributed by atoms with Gasteiger partial charge in [0.1, 0.15) is 16.9 Å². The van der Waals surface area contributed by atoms with Crippen molar-refractivity contribution in [2.75, 3.05) is 12.4 Å². The molecule has 0 bridgehead atoms. The Kier molecular flexibility index (Phi) is 6.60. The fourth-order valence-corrected chi connectivity index (χ4v) is 2.80. The van der Waals surface area contributed by atoms with E-state index in [4.69, 9.17) is 9.15 Å². The molecule has 1 amide bonds. The maximum absolute atomic E-state index is 11.9. The van der Waals surface area contributed by atoms with E-state index in [1.165, 1.54) is 12.3 Å². The second-order valence-corrected chi connectivity index (χ2v) is 5.92. The number of thioether (sulfide) groups is 1. The van der Waals surface area contributed by atoms with Crippen molar-refractivity contribution in [2.45, 2.75) is 25.4 Å². The molecule has 2 aromatic rings. The molecule has 1 N–H and O–H groups in total. The van der Waals surface area contributed by atoms with Crippen LogP contribution < -0.4 is 5.32 Å². The molecule has 8 heteroatoms. The lowest BCUT2D eigenvalue weighted by molar-refractivity contribution is -0.118. The highest BCUT2D eigenvalue weighted by atomic mass is 32.2. The molecule has 0 saturated heterocycles. The highest BCUT2D eigenvalue weighted by molar-refractivity contribution is 8.00. The molecule has 7 nitrogen and oxygen atoms in total. The van der Waals surface area contributed by atoms with E-state index in [1.54, 1.807) is 26.0 Å². The molecule has 0 aliphatic rings. The van der Waals surface area contributed by atoms with E-state index in [-0.39, 0.29) is 29.4 Å². The quantitative estimate of drug-likeness (QED) is 0.598. The van der Waals surface area contributed by atoms with Crippen molar-refractivity contribution in [1.29, 1.82) is 5.26 Å². The van der Waals surface area contributed by atoms with Gasteiger partial charge in [0.25, 0.3) is 0 Å². The van der Waals surface area contributed by atoms with Gasteiger partial charge in [0, 0.05) is 0 Å². The van der Waals surface area contributed by atoms with E-state index in [2.05, 4.69) is 10.3 Å². The summed E-state index contributed by atoms with van der Waals surface area (Å²) in [7, 11) is 0. The largest absolute Gasteiger partial charge is 0.467 e. The number of esters is 1. The molecular formula is C17H17N3O4S. The SMILES string of the molecule is CCOC(=O)c1cc(C#N)c(SCC(=O)NCc2ccco2)nc1C. The van der Waals surface area contributed by atoms with Crippen molar-refractivity contribution in [2.24, 2.45) is 0 Å². The zero-order valence-corrected chi connectivity index (χ0v) is 14.7. The molecule has 0 aliphatic heterocycles. The van der Waals surface area contributed by atoms with Crippen LogP contribution in [0.4, 0.5) is 0 Å². The van der Waals surface area contributed by atoms with Gasteiger partial charge in [0.15, 0.2) is 0 Å². The predicted octanol–water partition coefficient (Wildman–Crippen LogP) is 2.44. The number of carbonyl (C=O) groups is 2. The average Bonchev–Trinajstić information content (AvgIpc) is 3.11. The summed E-state index contributed by atoms with van der Waals surface area (Å²) in [6.45, 7) is 3.91. The second-order valence-electron chi connectivity index (χ2n) is 4.95. The van der Waals surface area contributed by atoms with Crippen molar-refractivity contribution < 1.29 is 18.7 Å². The smallest absolute Gasteiger partial charge is 0.340 e. The first kappa shape index (κ1) is 18.5. The monoisotopic (exact) mass is 359 g/mol. The summed E-state index contributed by atoms with van der Waals surface area (Å²) in [6, 6.07) is 6.96. The summed E-state index contributed by atoms with van der Waals surface area (Å²) in [5.41, 5.74) is 0.943. The van der Waals surface area contributed by atoms with Gasteiger partial charge in [-0.3, -0.25) is 4.79 Å². The fraction of sp³-hybridized carbons (Fsp3) is 0.294. The van der Waals surface area contributed by atoms with Crippen LogP contribution in [0.2, 0.25) is 0 Å². The Morgan fingerprint density at radius 3 is 2.92 bits per heavy atom. The summed E-state index contributed by atoms with van der Waals surface area (Å²) >= 11 is 1.14. The first-order valence-corrected chi connectivity index (χ1v) is 8.54. The zero-order chi connectivity index (χ0) is 18.2. The van der Waals surface area contributed by atoms with Gasteiger partial charge < -0.3 is 14.5 Å². The Morgan fingerprint density at radius 1 is 1.48 bits per heavy atom. The van der Waals surface area contributed by atoms with Crippen LogP contribution in [0.25, 0.3) is 0 Å². The third-order valence-corrected chi connectivity index (χ3v) is 4.16. The molecule has 0 unspecified atom stereocenters. The maximum atomic E-state index is 11.9. The first-order valence-electron chi connectivity index (χ1n) is 7.55. The molecule has 2 aromatic heterocycles. The van der Waals surface area contributed by atoms with E-state index < -0.39 is 5.97 Å². The van der Waals surface area contributed by atoms with Crippen molar-refractivity contribution in [3.63, 3.8) is 0 Å². The second kappa shape index (κ2) is 8.89. The van der Waals surface area contributed by atoms with Gasteiger partial charge in [-0.15, -0.1) is 0 Å². The molecule has 2 heterocycles. The van der Waals surface area contributed by atoms with Gasteiger partial charge in [-0.1, -0.05) is 11.8 Å². The number of pyridine rings is 1. The number of nitrogens with one attached hydrogen (secondary N) is 1. The van der Waals surface area contributed by atoms with Gasteiger partial charge in [0.2, 0.25) is 5.91 Å². The Hall–Kier alpha value is -2.79. The van der Waals surface area contributed by atoms with Gasteiger partial charge in [-0.2, -0.15) is 5.26 Å². The van der Waals surface area contributed by atoms with Crippen molar-refractivity contribution in [3.05, 3.63) is 47.0 Å². The van der Waals surface area contributed by atoms with Gasteiger partial charge in [-0.25, -0.2) is 9.78 Å². The molecule has 0 fully saturated rings. The number of nitrogens with zero attached hydrogens (tertiary/aromatic N) is 2. The minimum absolute atomic E-state index is 0.0978. The standard InChI is InChI=1S/C17H17N3O4S/c1-3-23-17(22)14-7-12(8-18)16(20-11(14)2)25-10-15(21)19-9-13-5-4-6-24-13/h4-7H,3,9-10H2,1-2H3,(H,19,21). The van der Waals surface area contributed by atoms with Crippen molar-refractivity contribution in [3.8, 4) is 6.07 Å². The molecule has 25 heavy (non-hydrogen) atoms. The number of rotatable bonds is 7. The van der Waals surface area contributed by atoms with E-state index in [0.717, 1.165) is 11.8 Å². The molecule has 0 radical (unpaired) electrons. The van der Waals surface area contributed by atoms with Crippen LogP contribution in [-0.4, -0.2) is 29.2 Å². The summed E-state index contributed by atoms with van der Waals surface area (Å²) in [5.74, 6) is 0.0281. The number of amides is 1. The van der Waals surface area contributed by atoms with Crippen LogP contribution in [0, 0.1) is 18.3 Å². The summed E-state index contributed by atoms with van der Waals surface area (Å²) in [5, 5.41) is 12.4. The van der Waals surface area contributed by atoms with Crippen LogP contribution in [0.15, 0.2) is 33.9 Å². The third-order valence-electron chi connectivity index (χ3n) is 3.17. The number of hydrogen-bond acceptors (Lipinski definition) is 7. The lowest BCUT2D eigenvalue weighted by Crippen LogP contribution is -2.24. The van der Waals surface area contributed by atoms with Gasteiger partial charge >= 0.3 is 5.97 Å². The van der Waals surface area contributed by atoms with E-state index in [1.807, 2.05) is 6.07 Å². The zero-order valence-electron chi connectivity index (χ0n) is 13.9. The number of furan rings is 1. The van der Waals surface area contributed by atoms with Crippen LogP contribution in [0.5, 0.6) is 0 Å². The lowest BCUT2D eigenvalue weighted by atomic mass is 10.1. The predicted molar refractivity (Wildman–Crippen MR) is 90.9 cm³/mol. The van der Waals surface area contributed by atoms with Crippen LogP contribution >= 0.6 is 11.8 Å². The first-order chi connectivity index (χ1) is 12.0. The number of hydrogen-bond donors (Lipinski definition) is 1. The van der Waals surface area contributed by atoms with Crippen LogP contribution in [-0.2, 0) is 16.1 Å².